The highest BCUT2D eigenvalue weighted by Gasteiger charge is 2.35. The van der Waals surface area contributed by atoms with E-state index in [2.05, 4.69) is 44.3 Å². The van der Waals surface area contributed by atoms with Gasteiger partial charge in [-0.3, -0.25) is 0 Å². The van der Waals surface area contributed by atoms with E-state index in [0.29, 0.717) is 19.1 Å². The summed E-state index contributed by atoms with van der Waals surface area (Å²) in [6.07, 6.45) is 5.13. The summed E-state index contributed by atoms with van der Waals surface area (Å²) in [7, 11) is 3.38. The Balaban J connectivity index is 0.000000717. The first kappa shape index (κ1) is 30.4. The second-order valence-electron chi connectivity index (χ2n) is 10.1. The standard InChI is InChI=1S/C26H37NO4.C4H6O2/c1-18-14-19(10-13-23(18)29-4)15-26(2,3)27-16-21(28)17-31-25(20-11-12-20)22-8-6-7-9-24(22)30-5;1-2-3-4(5)6/h6-10,13-14,20-21,25,27-28H,11-12,15-17H2,1-5H3;2-3H,1H3,(H,5,6)/b;3-2+/t21-,25-;/m1./s1. The molecule has 0 aliphatic heterocycles. The van der Waals surface area contributed by atoms with Crippen LogP contribution in [0.25, 0.3) is 0 Å². The third-order valence-corrected chi connectivity index (χ3v) is 6.19. The minimum absolute atomic E-state index is 0.0268. The maximum atomic E-state index is 10.6. The molecule has 0 spiro atoms. The van der Waals surface area contributed by atoms with Crippen molar-refractivity contribution in [3.8, 4) is 11.5 Å². The number of para-hydroxylation sites is 1. The molecule has 0 aromatic heterocycles. The number of β-amino-alcohol motifs (C(OH)–C–C–N with tert-alkyl or cyclic N) is 1. The SMILES string of the molecule is C/C=C/C(=O)O.COc1ccc(CC(C)(C)NC[C@@H](O)CO[C@@H](c2ccccc2OC)C2CC2)cc1C. The van der Waals surface area contributed by atoms with Crippen molar-refractivity contribution in [1.82, 2.24) is 5.32 Å². The van der Waals surface area contributed by atoms with Gasteiger partial charge in [0, 0.05) is 23.7 Å². The molecule has 0 radical (unpaired) electrons. The molecule has 7 heteroatoms. The van der Waals surface area contributed by atoms with Gasteiger partial charge in [0.1, 0.15) is 11.5 Å². The number of nitrogens with one attached hydrogen (secondary N) is 1. The van der Waals surface area contributed by atoms with E-state index in [1.165, 1.54) is 11.6 Å². The van der Waals surface area contributed by atoms with E-state index in [0.717, 1.165) is 48.0 Å². The predicted octanol–water partition coefficient (Wildman–Crippen LogP) is 5.10. The lowest BCUT2D eigenvalue weighted by Crippen LogP contribution is -2.46. The fourth-order valence-corrected chi connectivity index (χ4v) is 4.21. The number of allylic oxidation sites excluding steroid dienone is 1. The number of hydrogen-bond donors (Lipinski definition) is 3. The molecule has 2 aromatic carbocycles. The van der Waals surface area contributed by atoms with Gasteiger partial charge in [0.05, 0.1) is 33.0 Å². The first-order valence-electron chi connectivity index (χ1n) is 12.8. The highest BCUT2D eigenvalue weighted by Crippen LogP contribution is 2.45. The van der Waals surface area contributed by atoms with Crippen LogP contribution in [-0.4, -0.2) is 55.2 Å². The molecule has 2 aromatic rings. The molecule has 1 saturated carbocycles. The second kappa shape index (κ2) is 14.8. The fraction of sp³-hybridized carbons (Fsp3) is 0.500. The Labute approximate surface area is 221 Å². The summed E-state index contributed by atoms with van der Waals surface area (Å²) in [5.41, 5.74) is 3.29. The number of carbonyl (C=O) groups is 1. The maximum absolute atomic E-state index is 10.6. The normalized spacial score (nSPS) is 15.0. The molecule has 204 valence electrons. The molecule has 0 unspecified atom stereocenters. The average molecular weight is 514 g/mol. The van der Waals surface area contributed by atoms with E-state index in [1.807, 2.05) is 24.3 Å². The van der Waals surface area contributed by atoms with Crippen molar-refractivity contribution in [2.75, 3.05) is 27.4 Å². The highest BCUT2D eigenvalue weighted by atomic mass is 16.5. The molecule has 0 bridgehead atoms. The number of aliphatic hydroxyl groups is 1. The van der Waals surface area contributed by atoms with E-state index < -0.39 is 12.1 Å². The van der Waals surface area contributed by atoms with Crippen LogP contribution in [0.1, 0.15) is 56.4 Å². The summed E-state index contributed by atoms with van der Waals surface area (Å²) in [4.78, 5) is 9.51. The number of carboxylic acids is 1. The van der Waals surface area contributed by atoms with Gasteiger partial charge in [-0.15, -0.1) is 0 Å². The van der Waals surface area contributed by atoms with Crippen molar-refractivity contribution in [2.45, 2.75) is 64.7 Å². The van der Waals surface area contributed by atoms with Crippen LogP contribution in [-0.2, 0) is 16.0 Å². The molecule has 1 aliphatic carbocycles. The van der Waals surface area contributed by atoms with Gasteiger partial charge in [-0.1, -0.05) is 36.4 Å². The molecular weight excluding hydrogens is 470 g/mol. The summed E-state index contributed by atoms with van der Waals surface area (Å²) >= 11 is 0. The van der Waals surface area contributed by atoms with E-state index in [1.54, 1.807) is 21.1 Å². The number of hydrogen-bond acceptors (Lipinski definition) is 6. The van der Waals surface area contributed by atoms with Crippen LogP contribution < -0.4 is 14.8 Å². The van der Waals surface area contributed by atoms with Crippen LogP contribution in [0.3, 0.4) is 0 Å². The van der Waals surface area contributed by atoms with E-state index in [-0.39, 0.29) is 11.6 Å². The third kappa shape index (κ3) is 10.6. The summed E-state index contributed by atoms with van der Waals surface area (Å²) in [5, 5.41) is 21.9. The van der Waals surface area contributed by atoms with Crippen molar-refractivity contribution in [1.29, 1.82) is 0 Å². The van der Waals surface area contributed by atoms with Gasteiger partial charge >= 0.3 is 5.97 Å². The topological polar surface area (TPSA) is 97.3 Å². The molecule has 1 aliphatic rings. The molecule has 3 N–H and O–H groups in total. The zero-order valence-corrected chi connectivity index (χ0v) is 23.0. The summed E-state index contributed by atoms with van der Waals surface area (Å²) in [5.74, 6) is 1.37. The number of aliphatic hydroxyl groups excluding tert-OH is 1. The number of aryl methyl sites for hydroxylation is 1. The average Bonchev–Trinajstić information content (AvgIpc) is 3.69. The molecule has 3 rings (SSSR count). The summed E-state index contributed by atoms with van der Waals surface area (Å²) < 4.78 is 17.1. The molecule has 1 fully saturated rings. The molecule has 0 amide bonds. The number of benzene rings is 2. The number of carboxylic acid groups (broad SMARTS) is 1. The summed E-state index contributed by atoms with van der Waals surface area (Å²) in [6, 6.07) is 14.3. The van der Waals surface area contributed by atoms with Gasteiger partial charge in [0.2, 0.25) is 0 Å². The monoisotopic (exact) mass is 513 g/mol. The fourth-order valence-electron chi connectivity index (χ4n) is 4.21. The Morgan fingerprint density at radius 3 is 2.35 bits per heavy atom. The molecule has 2 atom stereocenters. The zero-order valence-electron chi connectivity index (χ0n) is 23.0. The predicted molar refractivity (Wildman–Crippen MR) is 146 cm³/mol. The van der Waals surface area contributed by atoms with Crippen molar-refractivity contribution in [3.05, 3.63) is 71.3 Å². The molecule has 37 heavy (non-hydrogen) atoms. The Hall–Kier alpha value is -2.87. The third-order valence-electron chi connectivity index (χ3n) is 6.19. The van der Waals surface area contributed by atoms with Gasteiger partial charge < -0.3 is 29.7 Å². The number of aliphatic carboxylic acids is 1. The lowest BCUT2D eigenvalue weighted by Gasteiger charge is -2.29. The van der Waals surface area contributed by atoms with Crippen LogP contribution >= 0.6 is 0 Å². The van der Waals surface area contributed by atoms with E-state index in [9.17, 15) is 9.90 Å². The van der Waals surface area contributed by atoms with Crippen LogP contribution in [0, 0.1) is 12.8 Å². The van der Waals surface area contributed by atoms with Crippen molar-refractivity contribution < 1.29 is 29.2 Å². The number of rotatable bonds is 13. The number of ether oxygens (including phenoxy) is 3. The van der Waals surface area contributed by atoms with Crippen LogP contribution in [0.4, 0.5) is 0 Å². The lowest BCUT2D eigenvalue weighted by atomic mass is 9.93. The van der Waals surface area contributed by atoms with Crippen molar-refractivity contribution in [2.24, 2.45) is 5.92 Å². The van der Waals surface area contributed by atoms with Crippen molar-refractivity contribution >= 4 is 5.97 Å². The Morgan fingerprint density at radius 1 is 1.14 bits per heavy atom. The van der Waals surface area contributed by atoms with Gasteiger partial charge in [0.15, 0.2) is 0 Å². The quantitative estimate of drug-likeness (QED) is 0.321. The Bertz CT molecular complexity index is 1010. The van der Waals surface area contributed by atoms with Crippen molar-refractivity contribution in [3.63, 3.8) is 0 Å². The molecular formula is C30H43NO6. The largest absolute Gasteiger partial charge is 0.496 e. The van der Waals surface area contributed by atoms with E-state index >= 15 is 0 Å². The van der Waals surface area contributed by atoms with Gasteiger partial charge in [-0.2, -0.15) is 0 Å². The molecule has 0 saturated heterocycles. The molecule has 0 heterocycles. The number of methoxy groups -OCH3 is 2. The lowest BCUT2D eigenvalue weighted by molar-refractivity contribution is -0.131. The Kier molecular flexibility index (Phi) is 12.1. The molecule has 7 nitrogen and oxygen atoms in total. The van der Waals surface area contributed by atoms with Crippen LogP contribution in [0.5, 0.6) is 11.5 Å². The highest BCUT2D eigenvalue weighted by molar-refractivity contribution is 5.79. The van der Waals surface area contributed by atoms with Gasteiger partial charge in [-0.25, -0.2) is 4.79 Å². The van der Waals surface area contributed by atoms with Crippen LogP contribution in [0.15, 0.2) is 54.6 Å². The zero-order chi connectivity index (χ0) is 27.4. The van der Waals surface area contributed by atoms with Crippen LogP contribution in [0.2, 0.25) is 0 Å². The van der Waals surface area contributed by atoms with E-state index in [4.69, 9.17) is 19.3 Å². The minimum atomic E-state index is -0.891. The second-order valence-corrected chi connectivity index (χ2v) is 10.1. The minimum Gasteiger partial charge on any atom is -0.496 e. The van der Waals surface area contributed by atoms with Gasteiger partial charge in [0.25, 0.3) is 0 Å². The first-order chi connectivity index (χ1) is 17.6. The van der Waals surface area contributed by atoms with Gasteiger partial charge in [-0.05, 0) is 76.1 Å². The smallest absolute Gasteiger partial charge is 0.327 e. The summed E-state index contributed by atoms with van der Waals surface area (Å²) in [6.45, 7) is 8.80. The first-order valence-corrected chi connectivity index (χ1v) is 12.8. The maximum Gasteiger partial charge on any atom is 0.327 e. The Morgan fingerprint density at radius 2 is 1.81 bits per heavy atom.